The van der Waals surface area contributed by atoms with Gasteiger partial charge in [0.2, 0.25) is 0 Å². The number of nitrogens with two attached hydrogens (primary N) is 1. The van der Waals surface area contributed by atoms with Crippen molar-refractivity contribution in [3.63, 3.8) is 0 Å². The summed E-state index contributed by atoms with van der Waals surface area (Å²) in [5.41, 5.74) is 7.53. The van der Waals surface area contributed by atoms with Gasteiger partial charge in [0.25, 0.3) is 0 Å². The van der Waals surface area contributed by atoms with E-state index in [9.17, 15) is 0 Å². The van der Waals surface area contributed by atoms with Crippen LogP contribution in [0.3, 0.4) is 0 Å². The molecule has 1 aliphatic heterocycles. The molecule has 0 amide bonds. The van der Waals surface area contributed by atoms with E-state index in [1.807, 2.05) is 18.2 Å². The van der Waals surface area contributed by atoms with Crippen molar-refractivity contribution >= 4 is 5.69 Å². The van der Waals surface area contributed by atoms with Crippen molar-refractivity contribution in [2.75, 3.05) is 33.0 Å². The molecule has 0 bridgehead atoms. The fraction of sp³-hybridized carbons (Fsp3) is 0.538. The number of hydrogen-bond acceptors (Lipinski definition) is 4. The normalized spacial score (nSPS) is 20.7. The van der Waals surface area contributed by atoms with Crippen molar-refractivity contribution in [1.82, 2.24) is 4.90 Å². The second-order valence-corrected chi connectivity index (χ2v) is 4.56. The van der Waals surface area contributed by atoms with Gasteiger partial charge in [0, 0.05) is 24.3 Å². The SMILES string of the molecule is COc1ccc(N)cc1COC1CCN(C)C1. The predicted molar refractivity (Wildman–Crippen MR) is 68.1 cm³/mol. The van der Waals surface area contributed by atoms with Gasteiger partial charge in [-0.1, -0.05) is 0 Å². The zero-order valence-electron chi connectivity index (χ0n) is 10.5. The highest BCUT2D eigenvalue weighted by molar-refractivity contribution is 5.47. The standard InChI is InChI=1S/C13H20N2O2/c1-15-6-5-12(8-15)17-9-10-7-11(14)3-4-13(10)16-2/h3-4,7,12H,5-6,8-9,14H2,1-2H3. The molecule has 94 valence electrons. The highest BCUT2D eigenvalue weighted by atomic mass is 16.5. The largest absolute Gasteiger partial charge is 0.496 e. The second kappa shape index (κ2) is 5.38. The molecule has 1 unspecified atom stereocenters. The van der Waals surface area contributed by atoms with Gasteiger partial charge < -0.3 is 20.1 Å². The van der Waals surface area contributed by atoms with Crippen LogP contribution in [-0.2, 0) is 11.3 Å². The van der Waals surface area contributed by atoms with E-state index < -0.39 is 0 Å². The van der Waals surface area contributed by atoms with Crippen LogP contribution in [-0.4, -0.2) is 38.3 Å². The molecule has 2 rings (SSSR count). The van der Waals surface area contributed by atoms with Gasteiger partial charge in [0.05, 0.1) is 19.8 Å². The van der Waals surface area contributed by atoms with Gasteiger partial charge in [-0.15, -0.1) is 0 Å². The third-order valence-electron chi connectivity index (χ3n) is 3.13. The summed E-state index contributed by atoms with van der Waals surface area (Å²) in [6, 6.07) is 5.64. The highest BCUT2D eigenvalue weighted by Crippen LogP contribution is 2.23. The van der Waals surface area contributed by atoms with Crippen molar-refractivity contribution < 1.29 is 9.47 Å². The lowest BCUT2D eigenvalue weighted by Gasteiger charge is -2.14. The quantitative estimate of drug-likeness (QED) is 0.805. The zero-order chi connectivity index (χ0) is 12.3. The van der Waals surface area contributed by atoms with Crippen LogP contribution in [0.1, 0.15) is 12.0 Å². The second-order valence-electron chi connectivity index (χ2n) is 4.56. The van der Waals surface area contributed by atoms with Crippen LogP contribution < -0.4 is 10.5 Å². The first-order valence-electron chi connectivity index (χ1n) is 5.91. The molecule has 1 atom stereocenters. The molecule has 17 heavy (non-hydrogen) atoms. The molecule has 0 aromatic heterocycles. The summed E-state index contributed by atoms with van der Waals surface area (Å²) in [7, 11) is 3.78. The Morgan fingerprint density at radius 2 is 2.29 bits per heavy atom. The van der Waals surface area contributed by atoms with Crippen molar-refractivity contribution in [2.45, 2.75) is 19.1 Å². The molecule has 1 aliphatic rings. The summed E-state index contributed by atoms with van der Waals surface area (Å²) in [6.07, 6.45) is 1.42. The molecule has 2 N–H and O–H groups in total. The molecule has 0 radical (unpaired) electrons. The summed E-state index contributed by atoms with van der Waals surface area (Å²) < 4.78 is 11.2. The monoisotopic (exact) mass is 236 g/mol. The summed E-state index contributed by atoms with van der Waals surface area (Å²) in [4.78, 5) is 2.28. The Hall–Kier alpha value is -1.26. The third kappa shape index (κ3) is 3.11. The average molecular weight is 236 g/mol. The Kier molecular flexibility index (Phi) is 3.86. The van der Waals surface area contributed by atoms with E-state index in [1.54, 1.807) is 7.11 Å². The van der Waals surface area contributed by atoms with E-state index in [2.05, 4.69) is 11.9 Å². The number of likely N-dealkylation sites (tertiary alicyclic amines) is 1. The van der Waals surface area contributed by atoms with Gasteiger partial charge in [0.15, 0.2) is 0 Å². The fourth-order valence-corrected chi connectivity index (χ4v) is 2.15. The maximum Gasteiger partial charge on any atom is 0.124 e. The minimum Gasteiger partial charge on any atom is -0.496 e. The molecule has 1 heterocycles. The highest BCUT2D eigenvalue weighted by Gasteiger charge is 2.20. The van der Waals surface area contributed by atoms with Crippen LogP contribution >= 0.6 is 0 Å². The van der Waals surface area contributed by atoms with E-state index in [4.69, 9.17) is 15.2 Å². The number of ether oxygens (including phenoxy) is 2. The van der Waals surface area contributed by atoms with E-state index in [0.29, 0.717) is 12.7 Å². The first kappa shape index (κ1) is 12.2. The van der Waals surface area contributed by atoms with Crippen LogP contribution in [0.5, 0.6) is 5.75 Å². The molecule has 0 aliphatic carbocycles. The number of nitrogen functional groups attached to an aromatic ring is 1. The summed E-state index contributed by atoms with van der Waals surface area (Å²) in [5.74, 6) is 0.838. The van der Waals surface area contributed by atoms with Gasteiger partial charge in [-0.25, -0.2) is 0 Å². The van der Waals surface area contributed by atoms with Gasteiger partial charge in [0.1, 0.15) is 5.75 Å². The minimum absolute atomic E-state index is 0.325. The topological polar surface area (TPSA) is 47.7 Å². The van der Waals surface area contributed by atoms with Crippen molar-refractivity contribution in [3.8, 4) is 5.75 Å². The smallest absolute Gasteiger partial charge is 0.124 e. The summed E-state index contributed by atoms with van der Waals surface area (Å²) in [6.45, 7) is 2.68. The number of anilines is 1. The fourth-order valence-electron chi connectivity index (χ4n) is 2.15. The number of benzene rings is 1. The lowest BCUT2D eigenvalue weighted by molar-refractivity contribution is 0.0473. The van der Waals surface area contributed by atoms with Crippen molar-refractivity contribution in [3.05, 3.63) is 23.8 Å². The maximum absolute atomic E-state index is 5.88. The van der Waals surface area contributed by atoms with Gasteiger partial charge in [-0.05, 0) is 31.7 Å². The van der Waals surface area contributed by atoms with Crippen LogP contribution in [0.2, 0.25) is 0 Å². The first-order chi connectivity index (χ1) is 8.19. The third-order valence-corrected chi connectivity index (χ3v) is 3.13. The molecule has 4 heteroatoms. The molecular weight excluding hydrogens is 216 g/mol. The lowest BCUT2D eigenvalue weighted by Crippen LogP contribution is -2.19. The lowest BCUT2D eigenvalue weighted by atomic mass is 10.2. The van der Waals surface area contributed by atoms with Crippen LogP contribution in [0.25, 0.3) is 0 Å². The molecule has 1 fully saturated rings. The first-order valence-corrected chi connectivity index (χ1v) is 5.91. The Morgan fingerprint density at radius 3 is 2.94 bits per heavy atom. The van der Waals surface area contributed by atoms with Crippen LogP contribution in [0, 0.1) is 0 Å². The van der Waals surface area contributed by atoms with E-state index in [-0.39, 0.29) is 0 Å². The minimum atomic E-state index is 0.325. The molecule has 4 nitrogen and oxygen atoms in total. The van der Waals surface area contributed by atoms with E-state index in [1.165, 1.54) is 0 Å². The molecule has 0 spiro atoms. The Morgan fingerprint density at radius 1 is 1.47 bits per heavy atom. The van der Waals surface area contributed by atoms with E-state index >= 15 is 0 Å². The Balaban J connectivity index is 1.96. The molecule has 1 saturated heterocycles. The molecule has 1 aromatic carbocycles. The van der Waals surface area contributed by atoms with Gasteiger partial charge in [-0.2, -0.15) is 0 Å². The van der Waals surface area contributed by atoms with Crippen molar-refractivity contribution in [2.24, 2.45) is 0 Å². The Bertz CT molecular complexity index is 382. The van der Waals surface area contributed by atoms with Crippen molar-refractivity contribution in [1.29, 1.82) is 0 Å². The average Bonchev–Trinajstić information content (AvgIpc) is 2.73. The zero-order valence-corrected chi connectivity index (χ0v) is 10.5. The summed E-state index contributed by atoms with van der Waals surface area (Å²) >= 11 is 0. The number of rotatable bonds is 4. The van der Waals surface area contributed by atoms with Gasteiger partial charge in [-0.3, -0.25) is 0 Å². The maximum atomic E-state index is 5.88. The predicted octanol–water partition coefficient (Wildman–Crippen LogP) is 1.50. The number of hydrogen-bond donors (Lipinski definition) is 1. The summed E-state index contributed by atoms with van der Waals surface area (Å²) in [5, 5.41) is 0. The van der Waals surface area contributed by atoms with E-state index in [0.717, 1.165) is 36.5 Å². The molecule has 1 aromatic rings. The Labute approximate surface area is 102 Å². The van der Waals surface area contributed by atoms with Crippen LogP contribution in [0.4, 0.5) is 5.69 Å². The number of methoxy groups -OCH3 is 1. The van der Waals surface area contributed by atoms with Gasteiger partial charge >= 0.3 is 0 Å². The number of likely N-dealkylation sites (N-methyl/N-ethyl adjacent to an activating group) is 1. The number of nitrogens with zero attached hydrogens (tertiary/aromatic N) is 1. The van der Waals surface area contributed by atoms with Crippen LogP contribution in [0.15, 0.2) is 18.2 Å². The molecular formula is C13H20N2O2. The molecule has 0 saturated carbocycles.